The third-order valence-corrected chi connectivity index (χ3v) is 37.3. The summed E-state index contributed by atoms with van der Waals surface area (Å²) < 4.78 is 26.8. The summed E-state index contributed by atoms with van der Waals surface area (Å²) in [6, 6.07) is 81.1. The summed E-state index contributed by atoms with van der Waals surface area (Å²) in [4.78, 5) is 67.1. The van der Waals surface area contributed by atoms with Gasteiger partial charge in [0, 0.05) is 87.6 Å². The molecule has 0 aliphatic carbocycles. The Labute approximate surface area is 563 Å². The summed E-state index contributed by atoms with van der Waals surface area (Å²) >= 11 is -6.65. The Hall–Kier alpha value is -10.9. The quantitative estimate of drug-likeness (QED) is 0.155. The molecule has 18 nitrogen and oxygen atoms in total. The molecule has 9 aromatic carbocycles. The zero-order chi connectivity index (χ0) is 63.4. The van der Waals surface area contributed by atoms with Crippen molar-refractivity contribution in [2.45, 2.75) is 30.7 Å². The van der Waals surface area contributed by atoms with Gasteiger partial charge in [0.15, 0.2) is 63.3 Å². The lowest BCUT2D eigenvalue weighted by molar-refractivity contribution is 0.492. The van der Waals surface area contributed by atoms with Crippen LogP contribution in [-0.4, -0.2) is 107 Å². The zero-order valence-corrected chi connectivity index (χ0v) is 56.1. The van der Waals surface area contributed by atoms with Crippen molar-refractivity contribution in [1.29, 1.82) is 0 Å². The van der Waals surface area contributed by atoms with Crippen LogP contribution in [0.5, 0.6) is 0 Å². The predicted octanol–water partition coefficient (Wildman–Crippen LogP) is 11.3. The molecular weight excluding hydrogens is 1270 g/mol. The summed E-state index contributed by atoms with van der Waals surface area (Å²) in [7, 11) is -6.23. The van der Waals surface area contributed by atoms with Crippen LogP contribution in [0, 0.1) is 0 Å². The van der Waals surface area contributed by atoms with Gasteiger partial charge in [-0.3, -0.25) is 0 Å². The highest BCUT2D eigenvalue weighted by Crippen LogP contribution is 2.47. The minimum absolute atomic E-state index is 0.582. The minimum Gasteiger partial charge on any atom is -0.509 e. The fraction of sp³-hybridized carbons (Fsp3) is 0.0667. The molecule has 0 radical (unpaired) electrons. The number of hydrogen-bond acceptors (Lipinski definition) is 14. The number of hydrogen-bond donors (Lipinski definition) is 0. The van der Waals surface area contributed by atoms with Crippen molar-refractivity contribution >= 4 is 165 Å². The topological polar surface area (TPSA) is 187 Å². The van der Waals surface area contributed by atoms with Crippen molar-refractivity contribution in [1.82, 2.24) is 14.2 Å². The number of fused-ring (bicyclic) bond motifs is 28. The van der Waals surface area contributed by atoms with Crippen molar-refractivity contribution in [3.05, 3.63) is 291 Å². The Kier molecular flexibility index (Phi) is 11.3. The lowest BCUT2D eigenvalue weighted by Crippen LogP contribution is -2.64. The summed E-state index contributed by atoms with van der Waals surface area (Å²) in [5.74, 6) is 7.54. The van der Waals surface area contributed by atoms with Crippen molar-refractivity contribution in [2.24, 2.45) is 59.9 Å². The molecule has 4 aromatic heterocycles. The monoisotopic (exact) mass is 1310 g/mol. The summed E-state index contributed by atoms with van der Waals surface area (Å²) in [6.07, 6.45) is 0. The predicted molar refractivity (Wildman–Crippen MR) is 387 cm³/mol. The molecule has 0 unspecified atom stereocenters. The van der Waals surface area contributed by atoms with E-state index in [-0.39, 0.29) is 0 Å². The van der Waals surface area contributed by atoms with E-state index in [2.05, 4.69) is 197 Å². The van der Waals surface area contributed by atoms with Gasteiger partial charge in [-0.15, -0.1) is 0 Å². The Bertz CT molecular complexity index is 6070. The van der Waals surface area contributed by atoms with Crippen LogP contribution < -0.4 is 27.1 Å². The first-order valence-electron chi connectivity index (χ1n) is 32.8. The van der Waals surface area contributed by atoms with Gasteiger partial charge in [0.1, 0.15) is 45.2 Å². The second-order valence-electron chi connectivity index (χ2n) is 26.1. The molecule has 9 aliphatic rings. The van der Waals surface area contributed by atoms with Crippen molar-refractivity contribution in [3.63, 3.8) is 0 Å². The lowest BCUT2D eigenvalue weighted by Gasteiger charge is -2.45. The molecule has 0 amide bonds. The summed E-state index contributed by atoms with van der Waals surface area (Å²) in [5, 5.41) is 8.66. The summed E-state index contributed by atoms with van der Waals surface area (Å²) in [6.45, 7) is 2.45. The van der Waals surface area contributed by atoms with E-state index in [0.29, 0.717) is 69.3 Å². The Morgan fingerprint density at radius 3 is 0.804 bits per heavy atom. The van der Waals surface area contributed by atoms with Gasteiger partial charge in [0.05, 0.1) is 0 Å². The maximum atomic E-state index is 8.84. The third kappa shape index (κ3) is 7.77. The van der Waals surface area contributed by atoms with E-state index in [1.54, 1.807) is 0 Å². The second-order valence-corrected chi connectivity index (χ2v) is 38.8. The number of amidine groups is 8. The van der Waals surface area contributed by atoms with E-state index >= 15 is 0 Å². The van der Waals surface area contributed by atoms with Gasteiger partial charge >= 0.3 is 29.8 Å². The van der Waals surface area contributed by atoms with E-state index in [0.717, 1.165) is 134 Å². The van der Waals surface area contributed by atoms with Crippen LogP contribution in [-0.2, 0) is 6.96 Å². The maximum absolute atomic E-state index is 8.84. The van der Waals surface area contributed by atoms with Crippen LogP contribution in [0.2, 0.25) is 30.7 Å². The van der Waals surface area contributed by atoms with E-state index < -0.39 is 46.5 Å². The molecule has 0 spiro atoms. The van der Waals surface area contributed by atoms with Crippen LogP contribution >= 0.6 is 0 Å². The molecule has 0 atom stereocenters. The number of aliphatic imine (C=N–C) groups is 8. The largest absolute Gasteiger partial charge is 0.798 e. The third-order valence-electron chi connectivity index (χ3n) is 20.7. The van der Waals surface area contributed by atoms with E-state index in [1.165, 1.54) is 5.19 Å². The molecule has 1 saturated heterocycles. The van der Waals surface area contributed by atoms with Crippen molar-refractivity contribution in [3.8, 4) is 0 Å². The van der Waals surface area contributed by atoms with Gasteiger partial charge in [-0.2, -0.15) is 0 Å². The molecule has 12 bridgehead atoms. The van der Waals surface area contributed by atoms with E-state index in [1.807, 2.05) is 48.5 Å². The molecule has 13 heterocycles. The van der Waals surface area contributed by atoms with Gasteiger partial charge in [-0.25, -0.2) is 59.9 Å². The van der Waals surface area contributed by atoms with Gasteiger partial charge in [0.25, 0.3) is 0 Å². The highest BCUT2D eigenvalue weighted by Gasteiger charge is 2.56. The molecular formula is C75H48Al2N16O2Si2. The average Bonchev–Trinajstić information content (AvgIpc) is 1.58. The number of benzene rings is 9. The lowest BCUT2D eigenvalue weighted by atomic mass is 10.1. The van der Waals surface area contributed by atoms with E-state index in [4.69, 9.17) is 66.9 Å². The van der Waals surface area contributed by atoms with Gasteiger partial charge < -0.3 is 21.2 Å². The first-order chi connectivity index (χ1) is 47.9. The molecule has 454 valence electrons. The Balaban J connectivity index is 0.780. The van der Waals surface area contributed by atoms with Gasteiger partial charge in [-0.1, -0.05) is 224 Å². The highest BCUT2D eigenvalue weighted by atomic mass is 28.4. The number of nitrogens with zero attached hydrogens (tertiary/aromatic N) is 16. The normalized spacial score (nSPS) is 19.4. The Morgan fingerprint density at radius 2 is 0.505 bits per heavy atom. The highest BCUT2D eigenvalue weighted by molar-refractivity contribution is 6.95. The molecule has 22 rings (SSSR count). The smallest absolute Gasteiger partial charge is 0.509 e. The van der Waals surface area contributed by atoms with Crippen LogP contribution in [0.4, 0.5) is 23.3 Å². The molecule has 1 fully saturated rings. The number of aromatic nitrogens is 4. The van der Waals surface area contributed by atoms with E-state index in [9.17, 15) is 0 Å². The fourth-order valence-corrected chi connectivity index (χ4v) is 36.8. The van der Waals surface area contributed by atoms with Gasteiger partial charge in [0.2, 0.25) is 0 Å². The maximum Gasteiger partial charge on any atom is 0.798 e. The summed E-state index contributed by atoms with van der Waals surface area (Å²) in [5.41, 5.74) is 10.1. The molecule has 22 heteroatoms. The molecule has 13 aromatic rings. The molecule has 0 saturated carbocycles. The van der Waals surface area contributed by atoms with Crippen LogP contribution in [0.25, 0.3) is 43.1 Å². The SMILES string of the molecule is C[Si]1([O][Al]2[n]3c4c5ccccc5c3N=C3N=C(N=c5c6ccccc6c([n]52)=NC2=NC(=N4)c4ccccc42)c2ccccc23)CC[Si]([O][Al]2[n]3c4c5ccccc5c3N=C3N=C(N=c5c6ccccc6c([n]52)=NC2=NC(=N4)c4ccccc42)c2ccccc23)(c2ccccc2)CC1. The second kappa shape index (κ2) is 20.1. The molecule has 0 N–H and O–H groups in total. The van der Waals surface area contributed by atoms with Gasteiger partial charge in [-0.05, 0) is 35.9 Å². The van der Waals surface area contributed by atoms with Crippen LogP contribution in [0.1, 0.15) is 44.5 Å². The fourth-order valence-electron chi connectivity index (χ4n) is 16.0. The van der Waals surface area contributed by atoms with Crippen LogP contribution in [0.3, 0.4) is 0 Å². The van der Waals surface area contributed by atoms with Crippen LogP contribution in [0.15, 0.2) is 284 Å². The minimum atomic E-state index is -3.37. The zero-order valence-electron chi connectivity index (χ0n) is 51.8. The average molecular weight is 1320 g/mol. The van der Waals surface area contributed by atoms with Crippen molar-refractivity contribution < 1.29 is 6.96 Å². The standard InChI is InChI=1S/2C32H16N8.C11H16O2Si2.2Al/c2*1-2-10-18-17(9-1)25-33-26(18)38-28-21-13-5-6-14-22(21)30(35-28)40-32-24-16-8-7-15-23(24)31(36-32)39-29-20-12-4-3-11-19(20)27(34-29)37-25;1-14(12)7-9-15(13,10-8-14)11-5-3-2-4-6-11;;/h2*1-16H;2-6H,7-10H2,1H3;;/q3*-2;2*+3. The molecule has 97 heavy (non-hydrogen) atoms. The Morgan fingerprint density at radius 1 is 0.258 bits per heavy atom. The first-order valence-corrected chi connectivity index (χ1v) is 40.9. The first kappa shape index (κ1) is 54.4. The van der Waals surface area contributed by atoms with Crippen molar-refractivity contribution in [2.75, 3.05) is 0 Å². The number of rotatable bonds is 5. The molecule has 9 aliphatic heterocycles.